The molecule has 0 spiro atoms. The molecule has 1 nitrogen and oxygen atoms in total. The van der Waals surface area contributed by atoms with E-state index in [2.05, 4.69) is 24.3 Å². The molecule has 2 aliphatic rings. The van der Waals surface area contributed by atoms with Crippen molar-refractivity contribution in [1.29, 1.82) is 0 Å². The van der Waals surface area contributed by atoms with E-state index in [9.17, 15) is 4.39 Å². The molecule has 0 radical (unpaired) electrons. The van der Waals surface area contributed by atoms with Crippen molar-refractivity contribution in [1.82, 2.24) is 0 Å². The predicted octanol–water partition coefficient (Wildman–Crippen LogP) is 4.85. The molecule has 1 saturated carbocycles. The van der Waals surface area contributed by atoms with Crippen molar-refractivity contribution < 1.29 is 9.13 Å². The lowest BCUT2D eigenvalue weighted by Crippen LogP contribution is -2.22. The molecule has 2 heteroatoms. The van der Waals surface area contributed by atoms with Crippen LogP contribution in [0.5, 0.6) is 5.75 Å². The lowest BCUT2D eigenvalue weighted by molar-refractivity contribution is -0.0234. The van der Waals surface area contributed by atoms with Gasteiger partial charge in [0.05, 0.1) is 0 Å². The number of halogens is 1. The van der Waals surface area contributed by atoms with Gasteiger partial charge >= 0.3 is 0 Å². The molecular formula is C18H17FO. The Morgan fingerprint density at radius 1 is 1.05 bits per heavy atom. The largest absolute Gasteiger partial charge is 0.458 e. The second-order valence-electron chi connectivity index (χ2n) is 6.10. The first kappa shape index (κ1) is 12.0. The Bertz CT molecular complexity index is 654. The summed E-state index contributed by atoms with van der Waals surface area (Å²) in [6.07, 6.45) is 2.98. The van der Waals surface area contributed by atoms with Crippen LogP contribution in [-0.2, 0) is 6.42 Å². The standard InChI is InChI=1S/C18H17FO/c1-18(19)11-16-10-15(8-9-17(16)20-18)14-6-4-13(5-7-14)12-2-3-12/h4-10,12H,2-3,11H2,1H3. The summed E-state index contributed by atoms with van der Waals surface area (Å²) in [7, 11) is 0. The molecule has 102 valence electrons. The van der Waals surface area contributed by atoms with Crippen LogP contribution in [-0.4, -0.2) is 5.85 Å². The average molecular weight is 268 g/mol. The molecule has 1 aliphatic heterocycles. The first-order chi connectivity index (χ1) is 9.61. The highest BCUT2D eigenvalue weighted by Crippen LogP contribution is 2.41. The van der Waals surface area contributed by atoms with Gasteiger partial charge < -0.3 is 4.74 Å². The normalized spacial score (nSPS) is 24.3. The lowest BCUT2D eigenvalue weighted by Gasteiger charge is -2.11. The van der Waals surface area contributed by atoms with Crippen LogP contribution in [0, 0.1) is 0 Å². The van der Waals surface area contributed by atoms with E-state index in [1.54, 1.807) is 0 Å². The Balaban J connectivity index is 1.66. The summed E-state index contributed by atoms with van der Waals surface area (Å²) in [4.78, 5) is 0. The monoisotopic (exact) mass is 268 g/mol. The van der Waals surface area contributed by atoms with Gasteiger partial charge in [0.15, 0.2) is 0 Å². The number of ether oxygens (including phenoxy) is 1. The fourth-order valence-corrected chi connectivity index (χ4v) is 2.97. The average Bonchev–Trinajstić information content (AvgIpc) is 3.21. The Morgan fingerprint density at radius 3 is 2.45 bits per heavy atom. The fraction of sp³-hybridized carbons (Fsp3) is 0.333. The van der Waals surface area contributed by atoms with Gasteiger partial charge in [-0.2, -0.15) is 4.39 Å². The molecule has 0 saturated heterocycles. The van der Waals surface area contributed by atoms with E-state index in [0.717, 1.165) is 17.0 Å². The highest BCUT2D eigenvalue weighted by atomic mass is 19.2. The zero-order valence-corrected chi connectivity index (χ0v) is 11.5. The van der Waals surface area contributed by atoms with Crippen LogP contribution in [0.4, 0.5) is 4.39 Å². The maximum absolute atomic E-state index is 13.9. The second-order valence-corrected chi connectivity index (χ2v) is 6.10. The van der Waals surface area contributed by atoms with E-state index < -0.39 is 5.85 Å². The summed E-state index contributed by atoms with van der Waals surface area (Å²) < 4.78 is 19.1. The molecule has 1 aliphatic carbocycles. The van der Waals surface area contributed by atoms with Gasteiger partial charge in [-0.25, -0.2) is 0 Å². The maximum atomic E-state index is 13.9. The van der Waals surface area contributed by atoms with Crippen molar-refractivity contribution in [2.24, 2.45) is 0 Å². The number of rotatable bonds is 2. The van der Waals surface area contributed by atoms with E-state index >= 15 is 0 Å². The number of hydrogen-bond donors (Lipinski definition) is 0. The van der Waals surface area contributed by atoms with Crippen molar-refractivity contribution in [2.45, 2.75) is 38.0 Å². The van der Waals surface area contributed by atoms with E-state index in [-0.39, 0.29) is 0 Å². The molecule has 1 unspecified atom stereocenters. The second kappa shape index (κ2) is 4.08. The Kier molecular flexibility index (Phi) is 2.44. The molecule has 0 aromatic heterocycles. The minimum Gasteiger partial charge on any atom is -0.458 e. The zero-order chi connectivity index (χ0) is 13.7. The molecule has 20 heavy (non-hydrogen) atoms. The minimum atomic E-state index is -1.56. The quantitative estimate of drug-likeness (QED) is 0.756. The molecule has 0 amide bonds. The van der Waals surface area contributed by atoms with Crippen molar-refractivity contribution >= 4 is 0 Å². The van der Waals surface area contributed by atoms with Crippen LogP contribution >= 0.6 is 0 Å². The predicted molar refractivity (Wildman–Crippen MR) is 77.7 cm³/mol. The van der Waals surface area contributed by atoms with E-state index in [1.165, 1.54) is 30.9 Å². The topological polar surface area (TPSA) is 9.23 Å². The Morgan fingerprint density at radius 2 is 1.75 bits per heavy atom. The number of benzene rings is 2. The smallest absolute Gasteiger partial charge is 0.249 e. The molecular weight excluding hydrogens is 251 g/mol. The highest BCUT2D eigenvalue weighted by Gasteiger charge is 2.34. The van der Waals surface area contributed by atoms with Crippen LogP contribution in [0.15, 0.2) is 42.5 Å². The van der Waals surface area contributed by atoms with Gasteiger partial charge in [-0.15, -0.1) is 0 Å². The van der Waals surface area contributed by atoms with Crippen molar-refractivity contribution in [3.8, 4) is 16.9 Å². The molecule has 1 fully saturated rings. The molecule has 1 atom stereocenters. The molecule has 1 heterocycles. The van der Waals surface area contributed by atoms with Crippen molar-refractivity contribution in [3.05, 3.63) is 53.6 Å². The molecule has 2 aromatic rings. The lowest BCUT2D eigenvalue weighted by atomic mass is 9.99. The third kappa shape index (κ3) is 2.09. The molecule has 0 N–H and O–H groups in total. The first-order valence-corrected chi connectivity index (χ1v) is 7.22. The van der Waals surface area contributed by atoms with Gasteiger partial charge in [0.2, 0.25) is 5.85 Å². The van der Waals surface area contributed by atoms with E-state index in [0.29, 0.717) is 12.2 Å². The van der Waals surface area contributed by atoms with Crippen LogP contribution < -0.4 is 4.74 Å². The highest BCUT2D eigenvalue weighted by molar-refractivity contribution is 5.66. The van der Waals surface area contributed by atoms with Gasteiger partial charge in [0, 0.05) is 18.9 Å². The maximum Gasteiger partial charge on any atom is 0.249 e. The van der Waals surface area contributed by atoms with E-state index in [1.807, 2.05) is 18.2 Å². The summed E-state index contributed by atoms with van der Waals surface area (Å²) in [6.45, 7) is 1.48. The van der Waals surface area contributed by atoms with Crippen LogP contribution in [0.3, 0.4) is 0 Å². The fourth-order valence-electron chi connectivity index (χ4n) is 2.97. The number of fused-ring (bicyclic) bond motifs is 1. The van der Waals surface area contributed by atoms with Gasteiger partial charge in [0.1, 0.15) is 5.75 Å². The van der Waals surface area contributed by atoms with Crippen LogP contribution in [0.25, 0.3) is 11.1 Å². The third-order valence-corrected chi connectivity index (χ3v) is 4.18. The zero-order valence-electron chi connectivity index (χ0n) is 11.5. The van der Waals surface area contributed by atoms with Gasteiger partial charge in [0.25, 0.3) is 0 Å². The van der Waals surface area contributed by atoms with Gasteiger partial charge in [-0.3, -0.25) is 0 Å². The summed E-state index contributed by atoms with van der Waals surface area (Å²) in [5, 5.41) is 0. The van der Waals surface area contributed by atoms with Crippen LogP contribution in [0.2, 0.25) is 0 Å². The molecule has 4 rings (SSSR count). The molecule has 2 aromatic carbocycles. The Labute approximate surface area is 118 Å². The Hall–Kier alpha value is -1.83. The SMILES string of the molecule is CC1(F)Cc2cc(-c3ccc(C4CC4)cc3)ccc2O1. The first-order valence-electron chi connectivity index (χ1n) is 7.22. The van der Waals surface area contributed by atoms with Gasteiger partial charge in [-0.1, -0.05) is 30.3 Å². The molecule has 0 bridgehead atoms. The summed E-state index contributed by atoms with van der Waals surface area (Å²) in [6, 6.07) is 14.7. The van der Waals surface area contributed by atoms with Crippen LogP contribution in [0.1, 0.15) is 36.8 Å². The number of hydrogen-bond acceptors (Lipinski definition) is 1. The third-order valence-electron chi connectivity index (χ3n) is 4.18. The minimum absolute atomic E-state index is 0.330. The summed E-state index contributed by atoms with van der Waals surface area (Å²) >= 11 is 0. The van der Waals surface area contributed by atoms with Crippen molar-refractivity contribution in [2.75, 3.05) is 0 Å². The summed E-state index contributed by atoms with van der Waals surface area (Å²) in [5.41, 5.74) is 4.71. The van der Waals surface area contributed by atoms with Gasteiger partial charge in [-0.05, 0) is 47.6 Å². The summed E-state index contributed by atoms with van der Waals surface area (Å²) in [5.74, 6) is -0.102. The van der Waals surface area contributed by atoms with E-state index in [4.69, 9.17) is 4.74 Å². The van der Waals surface area contributed by atoms with Crippen molar-refractivity contribution in [3.63, 3.8) is 0 Å². The number of alkyl halides is 1.